The highest BCUT2D eigenvalue weighted by atomic mass is 16.5. The second kappa shape index (κ2) is 11.9. The lowest BCUT2D eigenvalue weighted by atomic mass is 10.1. The monoisotopic (exact) mass is 412 g/mol. The Balaban J connectivity index is 1.54. The van der Waals surface area contributed by atoms with E-state index in [1.165, 1.54) is 11.1 Å². The van der Waals surface area contributed by atoms with Gasteiger partial charge in [-0.25, -0.2) is 0 Å². The second-order valence-corrected chi connectivity index (χ2v) is 7.94. The minimum atomic E-state index is 0.241. The van der Waals surface area contributed by atoms with Crippen molar-refractivity contribution in [3.8, 4) is 11.5 Å². The van der Waals surface area contributed by atoms with Gasteiger partial charge < -0.3 is 14.6 Å². The largest absolute Gasteiger partial charge is 0.493 e. The molecule has 5 nitrogen and oxygen atoms in total. The maximum absolute atomic E-state index is 9.59. The van der Waals surface area contributed by atoms with E-state index in [1.54, 1.807) is 7.11 Å². The smallest absolute Gasteiger partial charge is 0.161 e. The van der Waals surface area contributed by atoms with Crippen molar-refractivity contribution in [2.75, 3.05) is 46.5 Å². The van der Waals surface area contributed by atoms with Gasteiger partial charge in [-0.05, 0) is 56.0 Å². The molecule has 0 bridgehead atoms. The lowest BCUT2D eigenvalue weighted by molar-refractivity contribution is 0.0546. The highest BCUT2D eigenvalue weighted by Crippen LogP contribution is 2.29. The van der Waals surface area contributed by atoms with Crippen LogP contribution in [0, 0.1) is 0 Å². The fourth-order valence-electron chi connectivity index (χ4n) is 4.30. The summed E-state index contributed by atoms with van der Waals surface area (Å²) in [6.45, 7) is 7.92. The first-order chi connectivity index (χ1) is 14.7. The number of hydrogen-bond donors (Lipinski definition) is 1. The molecule has 1 fully saturated rings. The number of piperazine rings is 1. The molecule has 164 valence electrons. The molecule has 0 saturated carbocycles. The van der Waals surface area contributed by atoms with E-state index < -0.39 is 0 Å². The molecule has 0 radical (unpaired) electrons. The highest BCUT2D eigenvalue weighted by molar-refractivity contribution is 5.43. The predicted octanol–water partition coefficient (Wildman–Crippen LogP) is 3.60. The Hall–Kier alpha value is -2.08. The van der Waals surface area contributed by atoms with Crippen molar-refractivity contribution < 1.29 is 14.6 Å². The van der Waals surface area contributed by atoms with Gasteiger partial charge in [0.2, 0.25) is 0 Å². The minimum absolute atomic E-state index is 0.241. The molecule has 1 saturated heterocycles. The number of methoxy groups -OCH3 is 1. The van der Waals surface area contributed by atoms with Gasteiger partial charge in [0, 0.05) is 38.8 Å². The van der Waals surface area contributed by atoms with Crippen LogP contribution >= 0.6 is 0 Å². The molecule has 1 N–H and O–H groups in total. The molecule has 2 aromatic rings. The van der Waals surface area contributed by atoms with Gasteiger partial charge in [0.15, 0.2) is 11.5 Å². The summed E-state index contributed by atoms with van der Waals surface area (Å²) in [6, 6.07) is 17.3. The van der Waals surface area contributed by atoms with Crippen molar-refractivity contribution >= 4 is 0 Å². The van der Waals surface area contributed by atoms with Gasteiger partial charge in [-0.1, -0.05) is 36.4 Å². The van der Waals surface area contributed by atoms with E-state index in [2.05, 4.69) is 52.3 Å². The highest BCUT2D eigenvalue weighted by Gasteiger charge is 2.26. The zero-order chi connectivity index (χ0) is 21.2. The predicted molar refractivity (Wildman–Crippen MR) is 121 cm³/mol. The van der Waals surface area contributed by atoms with E-state index in [1.807, 2.05) is 13.0 Å². The van der Waals surface area contributed by atoms with Crippen LogP contribution in [-0.2, 0) is 13.0 Å². The Morgan fingerprint density at radius 1 is 1.03 bits per heavy atom. The van der Waals surface area contributed by atoms with Crippen molar-refractivity contribution in [3.05, 3.63) is 59.7 Å². The zero-order valence-electron chi connectivity index (χ0n) is 18.4. The Labute approximate surface area is 181 Å². The van der Waals surface area contributed by atoms with Crippen molar-refractivity contribution in [2.45, 2.75) is 38.8 Å². The number of rotatable bonds is 11. The molecule has 0 amide bonds. The number of hydrogen-bond acceptors (Lipinski definition) is 5. The van der Waals surface area contributed by atoms with Gasteiger partial charge in [-0.3, -0.25) is 9.80 Å². The van der Waals surface area contributed by atoms with E-state index in [9.17, 15) is 5.11 Å². The molecule has 0 aromatic heterocycles. The van der Waals surface area contributed by atoms with Gasteiger partial charge in [0.25, 0.3) is 0 Å². The van der Waals surface area contributed by atoms with Gasteiger partial charge in [0.1, 0.15) is 0 Å². The van der Waals surface area contributed by atoms with Crippen LogP contribution in [0.4, 0.5) is 0 Å². The number of benzene rings is 2. The molecule has 2 aromatic carbocycles. The summed E-state index contributed by atoms with van der Waals surface area (Å²) in [6.07, 6.45) is 3.09. The molecule has 0 spiro atoms. The van der Waals surface area contributed by atoms with Crippen molar-refractivity contribution in [3.63, 3.8) is 0 Å². The van der Waals surface area contributed by atoms with Crippen molar-refractivity contribution in [1.29, 1.82) is 0 Å². The molecular formula is C25H36N2O3. The van der Waals surface area contributed by atoms with Crippen LogP contribution in [0.15, 0.2) is 48.5 Å². The first-order valence-corrected chi connectivity index (χ1v) is 11.1. The molecular weight excluding hydrogens is 376 g/mol. The van der Waals surface area contributed by atoms with Crippen LogP contribution in [-0.4, -0.2) is 67.5 Å². The second-order valence-electron chi connectivity index (χ2n) is 7.94. The summed E-state index contributed by atoms with van der Waals surface area (Å²) in [5, 5.41) is 9.59. The summed E-state index contributed by atoms with van der Waals surface area (Å²) in [4.78, 5) is 5.06. The molecule has 1 atom stereocenters. The normalized spacial score (nSPS) is 17.8. The molecule has 3 rings (SSSR count). The summed E-state index contributed by atoms with van der Waals surface area (Å²) < 4.78 is 11.1. The van der Waals surface area contributed by atoms with Gasteiger partial charge in [0.05, 0.1) is 13.7 Å². The average molecular weight is 413 g/mol. The lowest BCUT2D eigenvalue weighted by Crippen LogP contribution is -2.53. The molecule has 0 aliphatic carbocycles. The summed E-state index contributed by atoms with van der Waals surface area (Å²) in [5.74, 6) is 1.59. The molecule has 1 aliphatic rings. The third kappa shape index (κ3) is 6.46. The molecule has 5 heteroatoms. The van der Waals surface area contributed by atoms with E-state index in [0.29, 0.717) is 12.6 Å². The van der Waals surface area contributed by atoms with Gasteiger partial charge in [-0.2, -0.15) is 0 Å². The number of ether oxygens (including phenoxy) is 2. The number of nitrogens with zero attached hydrogens (tertiary/aromatic N) is 2. The number of aliphatic hydroxyl groups excluding tert-OH is 1. The molecule has 1 heterocycles. The fourth-order valence-corrected chi connectivity index (χ4v) is 4.30. The first-order valence-electron chi connectivity index (χ1n) is 11.1. The Kier molecular flexibility index (Phi) is 9.00. The van der Waals surface area contributed by atoms with Crippen LogP contribution in [0.1, 0.15) is 30.9 Å². The van der Waals surface area contributed by atoms with Crippen LogP contribution in [0.5, 0.6) is 11.5 Å². The maximum Gasteiger partial charge on any atom is 0.161 e. The van der Waals surface area contributed by atoms with E-state index in [4.69, 9.17) is 9.47 Å². The SMILES string of the molecule is CCOc1cc(CN2CCN(CCCc3ccccc3)C(CCO)C2)ccc1OC. The van der Waals surface area contributed by atoms with Gasteiger partial charge in [-0.15, -0.1) is 0 Å². The third-order valence-electron chi connectivity index (χ3n) is 5.84. The number of aliphatic hydroxyl groups is 1. The summed E-state index contributed by atoms with van der Waals surface area (Å²) in [7, 11) is 1.67. The zero-order valence-corrected chi connectivity index (χ0v) is 18.4. The van der Waals surface area contributed by atoms with Crippen LogP contribution in [0.3, 0.4) is 0 Å². The average Bonchev–Trinajstić information content (AvgIpc) is 2.77. The Bertz CT molecular complexity index is 753. The van der Waals surface area contributed by atoms with Crippen LogP contribution < -0.4 is 9.47 Å². The topological polar surface area (TPSA) is 45.2 Å². The summed E-state index contributed by atoms with van der Waals surface area (Å²) >= 11 is 0. The molecule has 30 heavy (non-hydrogen) atoms. The molecule has 1 unspecified atom stereocenters. The standard InChI is InChI=1S/C25H36N2O3/c1-3-30-25-18-22(11-12-24(25)29-2)19-26-15-16-27(23(20-26)13-17-28)14-7-10-21-8-5-4-6-9-21/h4-6,8-9,11-12,18,23,28H,3,7,10,13-17,19-20H2,1-2H3. The Morgan fingerprint density at radius 2 is 1.87 bits per heavy atom. The number of aryl methyl sites for hydroxylation is 1. The summed E-state index contributed by atoms with van der Waals surface area (Å²) in [5.41, 5.74) is 2.64. The molecule has 1 aliphatic heterocycles. The van der Waals surface area contributed by atoms with Crippen molar-refractivity contribution in [1.82, 2.24) is 9.80 Å². The minimum Gasteiger partial charge on any atom is -0.493 e. The quantitative estimate of drug-likeness (QED) is 0.611. The van der Waals surface area contributed by atoms with E-state index >= 15 is 0 Å². The fraction of sp³-hybridized carbons (Fsp3) is 0.520. The maximum atomic E-state index is 9.59. The van der Waals surface area contributed by atoms with E-state index in [0.717, 1.165) is 63.5 Å². The van der Waals surface area contributed by atoms with Gasteiger partial charge >= 0.3 is 0 Å². The lowest BCUT2D eigenvalue weighted by Gasteiger charge is -2.41. The third-order valence-corrected chi connectivity index (χ3v) is 5.84. The van der Waals surface area contributed by atoms with Crippen molar-refractivity contribution in [2.24, 2.45) is 0 Å². The Morgan fingerprint density at radius 3 is 2.60 bits per heavy atom. The first kappa shape index (κ1) is 22.6. The van der Waals surface area contributed by atoms with Crippen LogP contribution in [0.25, 0.3) is 0 Å². The van der Waals surface area contributed by atoms with Crippen LogP contribution in [0.2, 0.25) is 0 Å². The van der Waals surface area contributed by atoms with E-state index in [-0.39, 0.29) is 6.61 Å².